The third-order valence-corrected chi connectivity index (χ3v) is 4.51. The topological polar surface area (TPSA) is 68.2 Å². The number of benzene rings is 1. The Labute approximate surface area is 136 Å². The molecule has 0 amide bonds. The van der Waals surface area contributed by atoms with E-state index in [2.05, 4.69) is 31.0 Å². The zero-order chi connectivity index (χ0) is 14.8. The van der Waals surface area contributed by atoms with E-state index >= 15 is 0 Å². The molecule has 21 heavy (non-hydrogen) atoms. The van der Waals surface area contributed by atoms with Crippen LogP contribution in [0.4, 0.5) is 0 Å². The second-order valence-corrected chi connectivity index (χ2v) is 6.49. The van der Waals surface area contributed by atoms with Crippen LogP contribution < -0.4 is 5.73 Å². The molecule has 0 spiro atoms. The van der Waals surface area contributed by atoms with Crippen molar-refractivity contribution >= 4 is 27.5 Å². The molecular formula is C14H16BrClN4O. The molecular weight excluding hydrogens is 356 g/mol. The SMILES string of the molecule is NC(CN1CCCC1)c1noc(-c2cc(Cl)ccc2Br)n1. The van der Waals surface area contributed by atoms with E-state index in [1.807, 2.05) is 6.07 Å². The molecule has 1 aliphatic rings. The van der Waals surface area contributed by atoms with Gasteiger partial charge in [-0.3, -0.25) is 0 Å². The number of hydrogen-bond acceptors (Lipinski definition) is 5. The van der Waals surface area contributed by atoms with Crippen molar-refractivity contribution in [1.29, 1.82) is 0 Å². The van der Waals surface area contributed by atoms with Crippen molar-refractivity contribution < 1.29 is 4.52 Å². The minimum absolute atomic E-state index is 0.237. The Bertz CT molecular complexity index is 627. The van der Waals surface area contributed by atoms with Crippen LogP contribution in [0.1, 0.15) is 24.7 Å². The first kappa shape index (κ1) is 15.0. The molecule has 0 saturated carbocycles. The first-order valence-corrected chi connectivity index (χ1v) is 8.07. The second-order valence-electron chi connectivity index (χ2n) is 5.20. The average molecular weight is 372 g/mol. The van der Waals surface area contributed by atoms with E-state index < -0.39 is 0 Å². The number of nitrogens with zero attached hydrogens (tertiary/aromatic N) is 3. The number of halogens is 2. The van der Waals surface area contributed by atoms with E-state index in [-0.39, 0.29) is 6.04 Å². The van der Waals surface area contributed by atoms with Gasteiger partial charge in [0.05, 0.1) is 11.6 Å². The summed E-state index contributed by atoms with van der Waals surface area (Å²) in [7, 11) is 0. The van der Waals surface area contributed by atoms with E-state index in [0.29, 0.717) is 16.7 Å². The molecule has 1 fully saturated rings. The predicted molar refractivity (Wildman–Crippen MR) is 85.0 cm³/mol. The van der Waals surface area contributed by atoms with Gasteiger partial charge in [0.2, 0.25) is 0 Å². The Morgan fingerprint density at radius 2 is 2.14 bits per heavy atom. The molecule has 0 bridgehead atoms. The average Bonchev–Trinajstić information content (AvgIpc) is 3.12. The fraction of sp³-hybridized carbons (Fsp3) is 0.429. The Kier molecular flexibility index (Phi) is 4.59. The fourth-order valence-corrected chi connectivity index (χ4v) is 3.07. The summed E-state index contributed by atoms with van der Waals surface area (Å²) in [6.45, 7) is 2.95. The monoisotopic (exact) mass is 370 g/mol. The summed E-state index contributed by atoms with van der Waals surface area (Å²) in [6, 6.07) is 5.20. The van der Waals surface area contributed by atoms with Crippen molar-refractivity contribution in [3.05, 3.63) is 33.5 Å². The van der Waals surface area contributed by atoms with Crippen LogP contribution in [0.15, 0.2) is 27.2 Å². The van der Waals surface area contributed by atoms with E-state index in [4.69, 9.17) is 21.9 Å². The van der Waals surface area contributed by atoms with Crippen molar-refractivity contribution in [3.63, 3.8) is 0 Å². The van der Waals surface area contributed by atoms with E-state index in [1.54, 1.807) is 12.1 Å². The summed E-state index contributed by atoms with van der Waals surface area (Å²) in [6.07, 6.45) is 2.47. The number of hydrogen-bond donors (Lipinski definition) is 1. The van der Waals surface area contributed by atoms with Gasteiger partial charge < -0.3 is 15.2 Å². The second kappa shape index (κ2) is 6.44. The quantitative estimate of drug-likeness (QED) is 0.893. The van der Waals surface area contributed by atoms with Gasteiger partial charge in [-0.05, 0) is 60.1 Å². The maximum absolute atomic E-state index is 6.17. The first-order chi connectivity index (χ1) is 10.1. The smallest absolute Gasteiger partial charge is 0.259 e. The third kappa shape index (κ3) is 3.45. The van der Waals surface area contributed by atoms with Crippen LogP contribution in [0.25, 0.3) is 11.5 Å². The Morgan fingerprint density at radius 1 is 1.38 bits per heavy atom. The normalized spacial score (nSPS) is 17.3. The third-order valence-electron chi connectivity index (χ3n) is 3.59. The van der Waals surface area contributed by atoms with Gasteiger partial charge in [0, 0.05) is 16.0 Å². The molecule has 2 heterocycles. The van der Waals surface area contributed by atoms with Gasteiger partial charge >= 0.3 is 0 Å². The van der Waals surface area contributed by atoms with Gasteiger partial charge in [-0.25, -0.2) is 0 Å². The highest BCUT2D eigenvalue weighted by Crippen LogP contribution is 2.30. The maximum atomic E-state index is 6.17. The number of nitrogens with two attached hydrogens (primary N) is 1. The molecule has 2 aromatic rings. The summed E-state index contributed by atoms with van der Waals surface area (Å²) >= 11 is 9.47. The van der Waals surface area contributed by atoms with Crippen molar-refractivity contribution in [1.82, 2.24) is 15.0 Å². The lowest BCUT2D eigenvalue weighted by Crippen LogP contribution is -2.30. The molecule has 1 aliphatic heterocycles. The highest BCUT2D eigenvalue weighted by molar-refractivity contribution is 9.10. The largest absolute Gasteiger partial charge is 0.334 e. The first-order valence-electron chi connectivity index (χ1n) is 6.90. The van der Waals surface area contributed by atoms with Gasteiger partial charge in [-0.1, -0.05) is 16.8 Å². The Balaban J connectivity index is 1.77. The molecule has 3 rings (SSSR count). The number of rotatable bonds is 4. The van der Waals surface area contributed by atoms with E-state index in [1.165, 1.54) is 12.8 Å². The minimum atomic E-state index is -0.237. The van der Waals surface area contributed by atoms with Crippen LogP contribution in [-0.2, 0) is 0 Å². The minimum Gasteiger partial charge on any atom is -0.334 e. The van der Waals surface area contributed by atoms with Crippen LogP contribution in [0.3, 0.4) is 0 Å². The Morgan fingerprint density at radius 3 is 2.90 bits per heavy atom. The van der Waals surface area contributed by atoms with Crippen molar-refractivity contribution in [2.24, 2.45) is 5.73 Å². The zero-order valence-corrected chi connectivity index (χ0v) is 13.8. The molecule has 1 aromatic heterocycles. The van der Waals surface area contributed by atoms with Crippen molar-refractivity contribution in [2.75, 3.05) is 19.6 Å². The molecule has 1 unspecified atom stereocenters. The van der Waals surface area contributed by atoms with Crippen molar-refractivity contribution in [2.45, 2.75) is 18.9 Å². The molecule has 1 atom stereocenters. The summed E-state index contributed by atoms with van der Waals surface area (Å²) in [5, 5.41) is 4.62. The number of likely N-dealkylation sites (tertiary alicyclic amines) is 1. The summed E-state index contributed by atoms with van der Waals surface area (Å²) in [5.41, 5.74) is 6.94. The van der Waals surface area contributed by atoms with Crippen LogP contribution >= 0.6 is 27.5 Å². The van der Waals surface area contributed by atoms with Crippen LogP contribution in [0.2, 0.25) is 5.02 Å². The Hall–Kier alpha value is -0.950. The van der Waals surface area contributed by atoms with Gasteiger partial charge in [-0.2, -0.15) is 4.98 Å². The summed E-state index contributed by atoms with van der Waals surface area (Å²) < 4.78 is 6.18. The lowest BCUT2D eigenvalue weighted by Gasteiger charge is -2.17. The highest BCUT2D eigenvalue weighted by atomic mass is 79.9. The zero-order valence-electron chi connectivity index (χ0n) is 11.4. The molecule has 5 nitrogen and oxygen atoms in total. The molecule has 7 heteroatoms. The summed E-state index contributed by atoms with van der Waals surface area (Å²) in [5.74, 6) is 0.958. The lowest BCUT2D eigenvalue weighted by molar-refractivity contribution is 0.306. The van der Waals surface area contributed by atoms with E-state index in [0.717, 1.165) is 29.7 Å². The molecule has 112 valence electrons. The van der Waals surface area contributed by atoms with Crippen molar-refractivity contribution in [3.8, 4) is 11.5 Å². The van der Waals surface area contributed by atoms with Gasteiger partial charge in [0.1, 0.15) is 0 Å². The molecule has 1 saturated heterocycles. The predicted octanol–water partition coefficient (Wildman–Crippen LogP) is 3.25. The summed E-state index contributed by atoms with van der Waals surface area (Å²) in [4.78, 5) is 6.74. The van der Waals surface area contributed by atoms with Crippen LogP contribution in [0.5, 0.6) is 0 Å². The highest BCUT2D eigenvalue weighted by Gasteiger charge is 2.21. The maximum Gasteiger partial charge on any atom is 0.259 e. The molecule has 0 aliphatic carbocycles. The molecule has 1 aromatic carbocycles. The molecule has 2 N–H and O–H groups in total. The van der Waals surface area contributed by atoms with Gasteiger partial charge in [0.15, 0.2) is 5.82 Å². The number of aromatic nitrogens is 2. The van der Waals surface area contributed by atoms with Crippen LogP contribution in [-0.4, -0.2) is 34.7 Å². The van der Waals surface area contributed by atoms with Gasteiger partial charge in [0.25, 0.3) is 5.89 Å². The molecule has 0 radical (unpaired) electrons. The van der Waals surface area contributed by atoms with Gasteiger partial charge in [-0.15, -0.1) is 0 Å². The lowest BCUT2D eigenvalue weighted by atomic mass is 10.2. The fourth-order valence-electron chi connectivity index (χ4n) is 2.48. The van der Waals surface area contributed by atoms with Crippen LogP contribution in [0, 0.1) is 0 Å². The van der Waals surface area contributed by atoms with E-state index in [9.17, 15) is 0 Å². The standard InChI is InChI=1S/C14H16BrClN4O/c15-11-4-3-9(16)7-10(11)14-18-13(19-21-14)12(17)8-20-5-1-2-6-20/h3-4,7,12H,1-2,5-6,8,17H2.